The maximum absolute atomic E-state index is 10.9. The molecule has 0 aliphatic heterocycles. The summed E-state index contributed by atoms with van der Waals surface area (Å²) < 4.78 is 0. The van der Waals surface area contributed by atoms with Crippen LogP contribution in [0.25, 0.3) is 0 Å². The Morgan fingerprint density at radius 1 is 1.27 bits per heavy atom. The standard InChI is InChI=1S/C10H16N2O.C2H6/c1-5-8(7-12(3)4)9(6-2)10(11)13;1-2/h5-6H,1-2,7H2,3-4H3,(H2,11,13);1-2H3/b9-8-;. The number of likely N-dealkylation sites (N-methyl/N-ethyl adjacent to an activating group) is 1. The summed E-state index contributed by atoms with van der Waals surface area (Å²) in [5.74, 6) is -0.466. The molecule has 0 saturated carbocycles. The van der Waals surface area contributed by atoms with Crippen LogP contribution in [-0.2, 0) is 4.79 Å². The number of carbonyl (C=O) groups excluding carboxylic acids is 1. The van der Waals surface area contributed by atoms with E-state index in [2.05, 4.69) is 13.2 Å². The van der Waals surface area contributed by atoms with Gasteiger partial charge in [0.15, 0.2) is 0 Å². The van der Waals surface area contributed by atoms with Crippen molar-refractivity contribution in [2.75, 3.05) is 20.6 Å². The highest BCUT2D eigenvalue weighted by Gasteiger charge is 2.06. The molecule has 0 fully saturated rings. The van der Waals surface area contributed by atoms with E-state index in [4.69, 9.17) is 5.73 Å². The fraction of sp³-hybridized carbons (Fsp3) is 0.417. The molecule has 15 heavy (non-hydrogen) atoms. The minimum atomic E-state index is -0.466. The molecule has 0 aliphatic carbocycles. The second-order valence-corrected chi connectivity index (χ2v) is 2.95. The highest BCUT2D eigenvalue weighted by Crippen LogP contribution is 2.07. The van der Waals surface area contributed by atoms with Crippen LogP contribution in [-0.4, -0.2) is 31.4 Å². The van der Waals surface area contributed by atoms with Crippen molar-refractivity contribution >= 4 is 5.91 Å². The second kappa shape index (κ2) is 9.21. The molecule has 86 valence electrons. The van der Waals surface area contributed by atoms with Gasteiger partial charge in [0.2, 0.25) is 5.91 Å². The van der Waals surface area contributed by atoms with Crippen molar-refractivity contribution in [2.45, 2.75) is 13.8 Å². The quantitative estimate of drug-likeness (QED) is 0.555. The summed E-state index contributed by atoms with van der Waals surface area (Å²) >= 11 is 0. The van der Waals surface area contributed by atoms with Crippen molar-refractivity contribution in [1.82, 2.24) is 4.90 Å². The Morgan fingerprint density at radius 2 is 1.73 bits per heavy atom. The van der Waals surface area contributed by atoms with E-state index in [1.54, 1.807) is 6.08 Å². The zero-order valence-electron chi connectivity index (χ0n) is 10.2. The molecule has 2 N–H and O–H groups in total. The normalized spacial score (nSPS) is 11.0. The summed E-state index contributed by atoms with van der Waals surface area (Å²) in [6, 6.07) is 0. The third-order valence-electron chi connectivity index (χ3n) is 1.55. The maximum atomic E-state index is 10.9. The lowest BCUT2D eigenvalue weighted by molar-refractivity contribution is -0.114. The van der Waals surface area contributed by atoms with Crippen LogP contribution in [0.15, 0.2) is 36.5 Å². The van der Waals surface area contributed by atoms with Crippen molar-refractivity contribution < 1.29 is 4.79 Å². The first kappa shape index (κ1) is 16.1. The topological polar surface area (TPSA) is 46.3 Å². The Balaban J connectivity index is 0. The number of hydrogen-bond acceptors (Lipinski definition) is 2. The average Bonchev–Trinajstić information content (AvgIpc) is 2.19. The van der Waals surface area contributed by atoms with E-state index in [-0.39, 0.29) is 0 Å². The third kappa shape index (κ3) is 6.69. The van der Waals surface area contributed by atoms with Gasteiger partial charge in [0, 0.05) is 12.1 Å². The minimum Gasteiger partial charge on any atom is -0.366 e. The molecule has 0 aromatic carbocycles. The van der Waals surface area contributed by atoms with Gasteiger partial charge in [-0.1, -0.05) is 39.2 Å². The molecule has 0 heterocycles. The molecule has 3 heteroatoms. The predicted molar refractivity (Wildman–Crippen MR) is 66.5 cm³/mol. The number of nitrogens with zero attached hydrogens (tertiary/aromatic N) is 1. The first-order valence-electron chi connectivity index (χ1n) is 4.95. The average molecular weight is 210 g/mol. The number of amides is 1. The molecular weight excluding hydrogens is 188 g/mol. The van der Waals surface area contributed by atoms with E-state index in [1.807, 2.05) is 32.8 Å². The van der Waals surface area contributed by atoms with E-state index in [0.29, 0.717) is 12.1 Å². The molecule has 0 spiro atoms. The van der Waals surface area contributed by atoms with Gasteiger partial charge in [0.05, 0.1) is 0 Å². The molecule has 0 radical (unpaired) electrons. The van der Waals surface area contributed by atoms with E-state index < -0.39 is 5.91 Å². The van der Waals surface area contributed by atoms with Crippen LogP contribution in [0.1, 0.15) is 13.8 Å². The number of carbonyl (C=O) groups is 1. The highest BCUT2D eigenvalue weighted by atomic mass is 16.1. The van der Waals surface area contributed by atoms with E-state index in [1.165, 1.54) is 6.08 Å². The first-order chi connectivity index (χ1) is 7.02. The SMILES string of the molecule is C=C/C(CN(C)C)=C(\C=C)C(N)=O.CC. The van der Waals surface area contributed by atoms with Crippen LogP contribution in [0.2, 0.25) is 0 Å². The first-order valence-corrected chi connectivity index (χ1v) is 4.95. The lowest BCUT2D eigenvalue weighted by Gasteiger charge is -2.12. The molecule has 0 bridgehead atoms. The molecule has 0 rings (SSSR count). The maximum Gasteiger partial charge on any atom is 0.249 e. The van der Waals surface area contributed by atoms with Gasteiger partial charge in [-0.25, -0.2) is 0 Å². The van der Waals surface area contributed by atoms with Gasteiger partial charge in [-0.15, -0.1) is 0 Å². The number of primary amides is 1. The summed E-state index contributed by atoms with van der Waals surface area (Å²) in [6.07, 6.45) is 3.09. The van der Waals surface area contributed by atoms with Crippen LogP contribution in [0.4, 0.5) is 0 Å². The smallest absolute Gasteiger partial charge is 0.249 e. The molecule has 3 nitrogen and oxygen atoms in total. The van der Waals surface area contributed by atoms with Crippen molar-refractivity contribution in [3.05, 3.63) is 36.5 Å². The van der Waals surface area contributed by atoms with Crippen LogP contribution in [0.3, 0.4) is 0 Å². The molecule has 0 atom stereocenters. The van der Waals surface area contributed by atoms with Crippen LogP contribution < -0.4 is 5.73 Å². The van der Waals surface area contributed by atoms with Gasteiger partial charge >= 0.3 is 0 Å². The van der Waals surface area contributed by atoms with Gasteiger partial charge in [-0.3, -0.25) is 4.79 Å². The van der Waals surface area contributed by atoms with Gasteiger partial charge in [0.25, 0.3) is 0 Å². The largest absolute Gasteiger partial charge is 0.366 e. The fourth-order valence-corrected chi connectivity index (χ4v) is 0.990. The Labute approximate surface area is 93.0 Å². The summed E-state index contributed by atoms with van der Waals surface area (Å²) in [4.78, 5) is 12.9. The molecule has 0 aromatic rings. The van der Waals surface area contributed by atoms with Crippen LogP contribution in [0.5, 0.6) is 0 Å². The zero-order valence-corrected chi connectivity index (χ0v) is 10.2. The van der Waals surface area contributed by atoms with Crippen LogP contribution >= 0.6 is 0 Å². The van der Waals surface area contributed by atoms with E-state index in [9.17, 15) is 4.79 Å². The molecular formula is C12H22N2O. The van der Waals surface area contributed by atoms with Crippen molar-refractivity contribution in [2.24, 2.45) is 5.73 Å². The van der Waals surface area contributed by atoms with Crippen molar-refractivity contribution in [3.8, 4) is 0 Å². The summed E-state index contributed by atoms with van der Waals surface area (Å²) in [7, 11) is 3.82. The molecule has 0 aromatic heterocycles. The Hall–Kier alpha value is -1.35. The minimum absolute atomic E-state index is 0.434. The van der Waals surface area contributed by atoms with Crippen LogP contribution in [0, 0.1) is 0 Å². The van der Waals surface area contributed by atoms with Gasteiger partial charge in [0.1, 0.15) is 0 Å². The fourth-order valence-electron chi connectivity index (χ4n) is 0.990. The van der Waals surface area contributed by atoms with E-state index >= 15 is 0 Å². The summed E-state index contributed by atoms with van der Waals surface area (Å²) in [6.45, 7) is 11.8. The monoisotopic (exact) mass is 210 g/mol. The lowest BCUT2D eigenvalue weighted by atomic mass is 10.1. The highest BCUT2D eigenvalue weighted by molar-refractivity contribution is 5.96. The van der Waals surface area contributed by atoms with Gasteiger partial charge < -0.3 is 10.6 Å². The predicted octanol–water partition coefficient (Wildman–Crippen LogP) is 1.73. The molecule has 0 saturated heterocycles. The summed E-state index contributed by atoms with van der Waals surface area (Å²) in [5, 5.41) is 0. The molecule has 0 unspecified atom stereocenters. The summed E-state index contributed by atoms with van der Waals surface area (Å²) in [5.41, 5.74) is 6.40. The number of nitrogens with two attached hydrogens (primary N) is 1. The number of rotatable bonds is 5. The van der Waals surface area contributed by atoms with Crippen molar-refractivity contribution in [1.29, 1.82) is 0 Å². The zero-order chi connectivity index (χ0) is 12.4. The Morgan fingerprint density at radius 3 is 1.93 bits per heavy atom. The number of hydrogen-bond donors (Lipinski definition) is 1. The lowest BCUT2D eigenvalue weighted by Crippen LogP contribution is -2.20. The molecule has 0 aliphatic rings. The molecule has 1 amide bonds. The van der Waals surface area contributed by atoms with Gasteiger partial charge in [-0.2, -0.15) is 0 Å². The van der Waals surface area contributed by atoms with Gasteiger partial charge in [-0.05, 0) is 19.7 Å². The Bertz CT molecular complexity index is 252. The third-order valence-corrected chi connectivity index (χ3v) is 1.55. The second-order valence-electron chi connectivity index (χ2n) is 2.95. The Kier molecular flexibility index (Phi) is 9.89. The van der Waals surface area contributed by atoms with E-state index in [0.717, 1.165) is 5.57 Å². The van der Waals surface area contributed by atoms with Crippen molar-refractivity contribution in [3.63, 3.8) is 0 Å².